The van der Waals surface area contributed by atoms with Crippen molar-refractivity contribution < 1.29 is 4.79 Å². The molecule has 0 N–H and O–H groups in total. The van der Waals surface area contributed by atoms with Crippen LogP contribution in [0.2, 0.25) is 0 Å². The maximum Gasteiger partial charge on any atom is 0.163 e. The molecular weight excluding hydrogens is 204 g/mol. The Kier molecular flexibility index (Phi) is 2.94. The number of nitrogens with zero attached hydrogens (tertiary/aromatic N) is 4. The largest absolute Gasteiger partial charge is 0.315 e. The molecule has 0 aliphatic carbocycles. The van der Waals surface area contributed by atoms with Crippen molar-refractivity contribution >= 4 is 16.9 Å². The molecule has 0 fully saturated rings. The molecule has 2 heterocycles. The lowest BCUT2D eigenvalue weighted by Crippen LogP contribution is -2.00. The van der Waals surface area contributed by atoms with Gasteiger partial charge in [-0.2, -0.15) is 0 Å². The number of imidazole rings is 1. The first kappa shape index (κ1) is 10.7. The second kappa shape index (κ2) is 4.38. The fourth-order valence-electron chi connectivity index (χ4n) is 1.66. The second-order valence-electron chi connectivity index (χ2n) is 3.87. The second-order valence-corrected chi connectivity index (χ2v) is 3.87. The molecule has 2 aromatic rings. The summed E-state index contributed by atoms with van der Waals surface area (Å²) in [5.41, 5.74) is 2.57. The van der Waals surface area contributed by atoms with E-state index < -0.39 is 0 Å². The van der Waals surface area contributed by atoms with Crippen LogP contribution < -0.4 is 0 Å². The van der Waals surface area contributed by atoms with Gasteiger partial charge < -0.3 is 9.36 Å². The molecule has 2 rings (SSSR count). The number of aromatic nitrogens is 4. The number of aryl methyl sites for hydroxylation is 2. The third-order valence-corrected chi connectivity index (χ3v) is 2.51. The average molecular weight is 218 g/mol. The van der Waals surface area contributed by atoms with Crippen molar-refractivity contribution in [1.82, 2.24) is 19.5 Å². The summed E-state index contributed by atoms with van der Waals surface area (Å²) in [6.07, 6.45) is 4.72. The van der Waals surface area contributed by atoms with Crippen LogP contribution in [0.25, 0.3) is 11.2 Å². The Morgan fingerprint density at radius 1 is 1.38 bits per heavy atom. The van der Waals surface area contributed by atoms with E-state index in [1.807, 2.05) is 11.5 Å². The normalized spacial score (nSPS) is 10.9. The van der Waals surface area contributed by atoms with Crippen molar-refractivity contribution in [2.24, 2.45) is 0 Å². The predicted molar refractivity (Wildman–Crippen MR) is 60.0 cm³/mol. The first-order valence-corrected chi connectivity index (χ1v) is 5.30. The molecule has 5 nitrogen and oxygen atoms in total. The number of hydrogen-bond acceptors (Lipinski definition) is 4. The van der Waals surface area contributed by atoms with E-state index in [2.05, 4.69) is 15.0 Å². The molecule has 0 aromatic carbocycles. The molecule has 0 atom stereocenters. The molecule has 5 heteroatoms. The predicted octanol–water partition coefficient (Wildman–Crippen LogP) is 1.50. The zero-order valence-electron chi connectivity index (χ0n) is 9.47. The molecule has 0 unspecified atom stereocenters. The Bertz CT molecular complexity index is 518. The van der Waals surface area contributed by atoms with E-state index in [-0.39, 0.29) is 5.78 Å². The van der Waals surface area contributed by atoms with E-state index in [0.29, 0.717) is 6.42 Å². The average Bonchev–Trinajstić information content (AvgIpc) is 2.63. The number of Topliss-reactive ketones (excluding diaryl/α,β-unsaturated/α-hetero) is 1. The van der Waals surface area contributed by atoms with E-state index in [4.69, 9.17) is 0 Å². The molecule has 16 heavy (non-hydrogen) atoms. The maximum atomic E-state index is 10.8. The van der Waals surface area contributed by atoms with Crippen LogP contribution in [0.15, 0.2) is 12.7 Å². The molecule has 0 amide bonds. The SMILES string of the molecule is CC(=O)CCCn1cnc2c(C)ncnc21. The minimum atomic E-state index is 0.218. The molecule has 0 aliphatic rings. The van der Waals surface area contributed by atoms with Gasteiger partial charge in [0.05, 0.1) is 12.0 Å². The summed E-state index contributed by atoms with van der Waals surface area (Å²) in [6, 6.07) is 0. The summed E-state index contributed by atoms with van der Waals surface area (Å²) in [7, 11) is 0. The molecule has 0 saturated carbocycles. The van der Waals surface area contributed by atoms with E-state index in [0.717, 1.165) is 29.8 Å². The number of carbonyl (C=O) groups is 1. The topological polar surface area (TPSA) is 60.7 Å². The lowest BCUT2D eigenvalue weighted by molar-refractivity contribution is -0.117. The number of ketones is 1. The highest BCUT2D eigenvalue weighted by atomic mass is 16.1. The fraction of sp³-hybridized carbons (Fsp3) is 0.455. The van der Waals surface area contributed by atoms with Gasteiger partial charge in [0.25, 0.3) is 0 Å². The van der Waals surface area contributed by atoms with E-state index >= 15 is 0 Å². The quantitative estimate of drug-likeness (QED) is 0.780. The van der Waals surface area contributed by atoms with Gasteiger partial charge in [-0.05, 0) is 20.3 Å². The third kappa shape index (κ3) is 2.08. The maximum absolute atomic E-state index is 10.8. The van der Waals surface area contributed by atoms with Crippen molar-refractivity contribution in [2.75, 3.05) is 0 Å². The highest BCUT2D eigenvalue weighted by Gasteiger charge is 2.06. The Labute approximate surface area is 93.5 Å². The summed E-state index contributed by atoms with van der Waals surface area (Å²) in [6.45, 7) is 4.29. The zero-order chi connectivity index (χ0) is 11.5. The van der Waals surface area contributed by atoms with Crippen molar-refractivity contribution in [3.8, 4) is 0 Å². The molecule has 84 valence electrons. The summed E-state index contributed by atoms with van der Waals surface area (Å²) in [5.74, 6) is 0.218. The molecule has 0 saturated heterocycles. The van der Waals surface area contributed by atoms with Gasteiger partial charge in [-0.15, -0.1) is 0 Å². The number of carbonyl (C=O) groups excluding carboxylic acids is 1. The van der Waals surface area contributed by atoms with Crippen LogP contribution in [-0.4, -0.2) is 25.3 Å². The highest BCUT2D eigenvalue weighted by Crippen LogP contribution is 2.12. The Morgan fingerprint density at radius 2 is 2.19 bits per heavy atom. The van der Waals surface area contributed by atoms with E-state index in [1.54, 1.807) is 19.6 Å². The minimum Gasteiger partial charge on any atom is -0.315 e. The van der Waals surface area contributed by atoms with Crippen molar-refractivity contribution in [1.29, 1.82) is 0 Å². The monoisotopic (exact) mass is 218 g/mol. The van der Waals surface area contributed by atoms with Crippen LogP contribution in [0.4, 0.5) is 0 Å². The van der Waals surface area contributed by atoms with Gasteiger partial charge in [0.1, 0.15) is 17.6 Å². The van der Waals surface area contributed by atoms with Crippen LogP contribution in [0.3, 0.4) is 0 Å². The summed E-state index contributed by atoms with van der Waals surface area (Å²) in [5, 5.41) is 0. The van der Waals surface area contributed by atoms with E-state index in [1.165, 1.54) is 0 Å². The first-order chi connectivity index (χ1) is 7.68. The van der Waals surface area contributed by atoms with Gasteiger partial charge in [-0.25, -0.2) is 15.0 Å². The van der Waals surface area contributed by atoms with Crippen LogP contribution in [0.5, 0.6) is 0 Å². The Hall–Kier alpha value is -1.78. The van der Waals surface area contributed by atoms with Gasteiger partial charge in [0.2, 0.25) is 0 Å². The van der Waals surface area contributed by atoms with Gasteiger partial charge >= 0.3 is 0 Å². The number of rotatable bonds is 4. The smallest absolute Gasteiger partial charge is 0.163 e. The van der Waals surface area contributed by atoms with Crippen molar-refractivity contribution in [3.05, 3.63) is 18.3 Å². The highest BCUT2D eigenvalue weighted by molar-refractivity contribution is 5.75. The molecule has 0 bridgehead atoms. The van der Waals surface area contributed by atoms with Crippen LogP contribution >= 0.6 is 0 Å². The molecule has 2 aromatic heterocycles. The van der Waals surface area contributed by atoms with Gasteiger partial charge in [-0.1, -0.05) is 0 Å². The summed E-state index contributed by atoms with van der Waals surface area (Å²) in [4.78, 5) is 23.4. The minimum absolute atomic E-state index is 0.218. The standard InChI is InChI=1S/C11H14N4O/c1-8(16)4-3-5-15-7-14-10-9(2)12-6-13-11(10)15/h6-7H,3-5H2,1-2H3. The van der Waals surface area contributed by atoms with E-state index in [9.17, 15) is 4.79 Å². The van der Waals surface area contributed by atoms with Gasteiger partial charge in [0.15, 0.2) is 5.65 Å². The van der Waals surface area contributed by atoms with Crippen LogP contribution in [0.1, 0.15) is 25.5 Å². The third-order valence-electron chi connectivity index (χ3n) is 2.51. The Balaban J connectivity index is 2.19. The Morgan fingerprint density at radius 3 is 2.94 bits per heavy atom. The lowest BCUT2D eigenvalue weighted by atomic mass is 10.2. The number of hydrogen-bond donors (Lipinski definition) is 0. The zero-order valence-corrected chi connectivity index (χ0v) is 9.47. The summed E-state index contributed by atoms with van der Waals surface area (Å²) < 4.78 is 1.97. The molecule has 0 aliphatic heterocycles. The van der Waals surface area contributed by atoms with Crippen molar-refractivity contribution in [2.45, 2.75) is 33.2 Å². The fourth-order valence-corrected chi connectivity index (χ4v) is 1.66. The van der Waals surface area contributed by atoms with Crippen LogP contribution in [0, 0.1) is 6.92 Å². The van der Waals surface area contributed by atoms with Crippen LogP contribution in [-0.2, 0) is 11.3 Å². The lowest BCUT2D eigenvalue weighted by Gasteiger charge is -2.01. The molecule has 0 radical (unpaired) electrons. The molecule has 0 spiro atoms. The van der Waals surface area contributed by atoms with Gasteiger partial charge in [0, 0.05) is 13.0 Å². The summed E-state index contributed by atoms with van der Waals surface area (Å²) >= 11 is 0. The van der Waals surface area contributed by atoms with Gasteiger partial charge in [-0.3, -0.25) is 0 Å². The first-order valence-electron chi connectivity index (χ1n) is 5.30. The van der Waals surface area contributed by atoms with Crippen molar-refractivity contribution in [3.63, 3.8) is 0 Å². The number of fused-ring (bicyclic) bond motifs is 1. The molecular formula is C11H14N4O.